The van der Waals surface area contributed by atoms with Crippen LogP contribution in [0.3, 0.4) is 0 Å². The lowest BCUT2D eigenvalue weighted by molar-refractivity contribution is -0.152. The third-order valence-electron chi connectivity index (χ3n) is 12.2. The smallest absolute Gasteiger partial charge is 0.408 e. The third kappa shape index (κ3) is 9.11. The maximum Gasteiger partial charge on any atom is 0.408 e. The van der Waals surface area contributed by atoms with E-state index in [4.69, 9.17) is 14.2 Å². The first-order valence-corrected chi connectivity index (χ1v) is 21.6. The molecular weight excluding hydrogens is 796 g/mol. The molecule has 14 nitrogen and oxygen atoms in total. The van der Waals surface area contributed by atoms with Gasteiger partial charge in [-0.15, -0.1) is 0 Å². The van der Waals surface area contributed by atoms with Crippen LogP contribution < -0.4 is 24.8 Å². The van der Waals surface area contributed by atoms with Gasteiger partial charge in [0.2, 0.25) is 33.6 Å². The summed E-state index contributed by atoms with van der Waals surface area (Å²) in [5.41, 5.74) is -3.97. The predicted molar refractivity (Wildman–Crippen MR) is 211 cm³/mol. The summed E-state index contributed by atoms with van der Waals surface area (Å²) in [6.07, 6.45) is 3.04. The summed E-state index contributed by atoms with van der Waals surface area (Å²) < 4.78 is 86.7. The standard InChI is InChI=1S/C41H54F3N5O9S/c1-7-56-31-19-26-13-9-11-15-29(26)34(45-31)57-28-20-30-33(50)47-41(36(52)48-59(54,55)40(23-42)16-17-40)21-27(41)14-10-8-12-24(2)18-25(3)32(35(51)49(30)22-28)46-37(53)58-38(4,5)39(6,43)44/h9-11,13-15,19,24-25,27-28,30,32H,7-8,12,16-18,20-23H2,1-6H3,(H,46,53)(H,47,50)(H,48,52)/b14-10-/t24-,25+,27?,28+,30-,32-,41+/m0/s1. The summed E-state index contributed by atoms with van der Waals surface area (Å²) >= 11 is 0. The Kier molecular flexibility index (Phi) is 12.3. The van der Waals surface area contributed by atoms with Gasteiger partial charge in [0.05, 0.1) is 13.2 Å². The Hall–Kier alpha value is -4.61. The van der Waals surface area contributed by atoms with Crippen LogP contribution in [0.4, 0.5) is 18.0 Å². The number of alkyl carbamates (subject to hydrolysis) is 1. The number of pyridine rings is 1. The number of carbonyl (C=O) groups excluding carboxylic acids is 4. The van der Waals surface area contributed by atoms with E-state index in [0.29, 0.717) is 38.2 Å². The average Bonchev–Trinajstić information content (AvgIpc) is 4.06. The number of nitrogens with one attached hydrogen (secondary N) is 3. The Bertz CT molecular complexity index is 2090. The number of amides is 4. The second kappa shape index (κ2) is 16.4. The first kappa shape index (κ1) is 44.0. The van der Waals surface area contributed by atoms with Gasteiger partial charge < -0.3 is 29.7 Å². The largest absolute Gasteiger partial charge is 0.478 e. The number of aromatic nitrogens is 1. The van der Waals surface area contributed by atoms with Crippen LogP contribution in [0, 0.1) is 17.8 Å². The Balaban J connectivity index is 1.36. The molecule has 59 heavy (non-hydrogen) atoms. The lowest BCUT2D eigenvalue weighted by Gasteiger charge is -2.35. The van der Waals surface area contributed by atoms with E-state index in [1.54, 1.807) is 38.1 Å². The minimum absolute atomic E-state index is 0.0145. The van der Waals surface area contributed by atoms with Crippen LogP contribution in [-0.2, 0) is 29.1 Å². The van der Waals surface area contributed by atoms with Crippen molar-refractivity contribution in [3.8, 4) is 11.8 Å². The molecule has 2 aromatic rings. The van der Waals surface area contributed by atoms with Crippen molar-refractivity contribution < 1.29 is 55.0 Å². The van der Waals surface area contributed by atoms with Gasteiger partial charge in [-0.25, -0.2) is 26.4 Å². The quantitative estimate of drug-likeness (QED) is 0.250. The molecule has 1 saturated heterocycles. The lowest BCUT2D eigenvalue weighted by atomic mass is 9.88. The van der Waals surface area contributed by atoms with Crippen LogP contribution in [0.2, 0.25) is 0 Å². The van der Waals surface area contributed by atoms with E-state index in [-0.39, 0.29) is 49.9 Å². The van der Waals surface area contributed by atoms with Crippen LogP contribution in [0.25, 0.3) is 10.8 Å². The number of rotatable bonds is 11. The van der Waals surface area contributed by atoms with E-state index in [0.717, 1.165) is 19.2 Å². The molecule has 2 aliphatic carbocycles. The second-order valence-corrected chi connectivity index (χ2v) is 19.2. The predicted octanol–water partition coefficient (Wildman–Crippen LogP) is 5.35. The van der Waals surface area contributed by atoms with Crippen molar-refractivity contribution in [1.29, 1.82) is 0 Å². The van der Waals surface area contributed by atoms with Crippen molar-refractivity contribution in [3.05, 3.63) is 42.5 Å². The molecule has 2 aliphatic heterocycles. The Morgan fingerprint density at radius 1 is 1.10 bits per heavy atom. The van der Waals surface area contributed by atoms with Crippen molar-refractivity contribution in [3.63, 3.8) is 0 Å². The highest BCUT2D eigenvalue weighted by atomic mass is 32.2. The summed E-state index contributed by atoms with van der Waals surface area (Å²) in [7, 11) is -4.44. The van der Waals surface area contributed by atoms with E-state index < -0.39 is 92.3 Å². The normalized spacial score (nSPS) is 29.1. The molecule has 0 bridgehead atoms. The number of sulfonamides is 1. The molecule has 3 N–H and O–H groups in total. The van der Waals surface area contributed by atoms with Crippen molar-refractivity contribution in [2.24, 2.45) is 17.8 Å². The SMILES string of the molecule is CCOc1cc2ccccc2c(O[C@@H]2C[C@H]3C(=O)N[C@]4(C(=O)NS(=O)(=O)C5(CF)CC5)CC4/C=C\CC[C@H](C)C[C@@H](C)[C@H](NC(=O)OC(C)(C)C(C)(F)F)C(=O)N3C2)n1. The highest BCUT2D eigenvalue weighted by Gasteiger charge is 2.64. The number of ether oxygens (including phenoxy) is 3. The van der Waals surface area contributed by atoms with E-state index in [9.17, 15) is 40.8 Å². The molecule has 1 aromatic carbocycles. The molecule has 2 saturated carbocycles. The summed E-state index contributed by atoms with van der Waals surface area (Å²) in [5.74, 6) is -6.73. The zero-order valence-electron chi connectivity index (χ0n) is 34.2. The second-order valence-electron chi connectivity index (χ2n) is 17.2. The molecule has 0 radical (unpaired) electrons. The van der Waals surface area contributed by atoms with Crippen molar-refractivity contribution in [2.45, 2.75) is 126 Å². The maximum absolute atomic E-state index is 14.8. The minimum Gasteiger partial charge on any atom is -0.478 e. The molecule has 6 rings (SSSR count). The van der Waals surface area contributed by atoms with Crippen LogP contribution >= 0.6 is 0 Å². The number of allylic oxidation sites excluding steroid dienone is 1. The van der Waals surface area contributed by atoms with Gasteiger partial charge in [0.15, 0.2) is 5.60 Å². The van der Waals surface area contributed by atoms with Crippen molar-refractivity contribution in [1.82, 2.24) is 25.2 Å². The highest BCUT2D eigenvalue weighted by Crippen LogP contribution is 2.48. The maximum atomic E-state index is 14.8. The Labute approximate surface area is 342 Å². The fraction of sp³-hybridized carbons (Fsp3) is 0.634. The number of benzene rings is 1. The minimum atomic E-state index is -4.44. The number of halogens is 3. The lowest BCUT2D eigenvalue weighted by Crippen LogP contribution is -2.60. The molecule has 1 aromatic heterocycles. The van der Waals surface area contributed by atoms with E-state index >= 15 is 0 Å². The van der Waals surface area contributed by atoms with Gasteiger partial charge in [-0.05, 0) is 82.6 Å². The Morgan fingerprint density at radius 2 is 1.81 bits per heavy atom. The molecule has 1 unspecified atom stereocenters. The molecule has 3 fully saturated rings. The summed E-state index contributed by atoms with van der Waals surface area (Å²) in [6.45, 7) is 7.16. The van der Waals surface area contributed by atoms with Gasteiger partial charge in [0.25, 0.3) is 11.8 Å². The van der Waals surface area contributed by atoms with Gasteiger partial charge in [-0.2, -0.15) is 4.98 Å². The Morgan fingerprint density at radius 3 is 2.47 bits per heavy atom. The zero-order chi connectivity index (χ0) is 43.1. The zero-order valence-corrected chi connectivity index (χ0v) is 35.0. The number of hydrogen-bond acceptors (Lipinski definition) is 10. The molecule has 4 aliphatic rings. The molecule has 7 atom stereocenters. The van der Waals surface area contributed by atoms with Gasteiger partial charge >= 0.3 is 6.09 Å². The molecule has 4 amide bonds. The van der Waals surface area contributed by atoms with E-state index in [2.05, 4.69) is 15.6 Å². The fourth-order valence-corrected chi connectivity index (χ4v) is 9.27. The molecule has 324 valence electrons. The highest BCUT2D eigenvalue weighted by molar-refractivity contribution is 7.91. The van der Waals surface area contributed by atoms with Crippen LogP contribution in [0.1, 0.15) is 86.5 Å². The van der Waals surface area contributed by atoms with Gasteiger partial charge in [-0.3, -0.25) is 19.1 Å². The summed E-state index contributed by atoms with van der Waals surface area (Å²) in [5, 5.41) is 6.67. The third-order valence-corrected chi connectivity index (χ3v) is 14.3. The van der Waals surface area contributed by atoms with Crippen molar-refractivity contribution in [2.75, 3.05) is 19.8 Å². The number of nitrogens with zero attached hydrogens (tertiary/aromatic N) is 2. The van der Waals surface area contributed by atoms with Crippen molar-refractivity contribution >= 4 is 44.6 Å². The van der Waals surface area contributed by atoms with Gasteiger partial charge in [0.1, 0.15) is 35.1 Å². The van der Waals surface area contributed by atoms with Crippen LogP contribution in [0.15, 0.2) is 42.5 Å². The number of carbonyl (C=O) groups is 4. The summed E-state index contributed by atoms with van der Waals surface area (Å²) in [6, 6.07) is 6.34. The molecular formula is C41H54F3N5O9S. The van der Waals surface area contributed by atoms with Gasteiger partial charge in [0, 0.05) is 30.7 Å². The topological polar surface area (TPSA) is 182 Å². The van der Waals surface area contributed by atoms with Crippen LogP contribution in [-0.4, -0.2) is 102 Å². The number of fused-ring (bicyclic) bond motifs is 3. The fourth-order valence-electron chi connectivity index (χ4n) is 7.84. The number of hydrogen-bond donors (Lipinski definition) is 3. The molecule has 3 heterocycles. The first-order chi connectivity index (χ1) is 27.7. The monoisotopic (exact) mass is 849 g/mol. The molecule has 18 heteroatoms. The first-order valence-electron chi connectivity index (χ1n) is 20.1. The molecule has 0 spiro atoms. The van der Waals surface area contributed by atoms with Gasteiger partial charge in [-0.1, -0.05) is 44.2 Å². The average molecular weight is 850 g/mol. The van der Waals surface area contributed by atoms with E-state index in [1.165, 1.54) is 4.90 Å². The number of alkyl halides is 3. The van der Waals surface area contributed by atoms with Crippen LogP contribution in [0.5, 0.6) is 11.8 Å². The summed E-state index contributed by atoms with van der Waals surface area (Å²) in [4.78, 5) is 62.4. The van der Waals surface area contributed by atoms with E-state index in [1.807, 2.05) is 29.9 Å².